The fourth-order valence-electron chi connectivity index (χ4n) is 1.62. The molecule has 0 unspecified atom stereocenters. The number of nitrogens with zero attached hydrogens (tertiary/aromatic N) is 2. The monoisotopic (exact) mass is 225 g/mol. The van der Waals surface area contributed by atoms with Gasteiger partial charge in [0.15, 0.2) is 0 Å². The third-order valence-electron chi connectivity index (χ3n) is 2.35. The first-order valence-electron chi connectivity index (χ1n) is 6.21. The van der Waals surface area contributed by atoms with Crippen molar-refractivity contribution in [1.29, 1.82) is 0 Å². The Morgan fingerprint density at radius 1 is 1.25 bits per heavy atom. The van der Waals surface area contributed by atoms with E-state index in [1.54, 1.807) is 6.26 Å². The summed E-state index contributed by atoms with van der Waals surface area (Å²) in [4.78, 5) is 6.69. The van der Waals surface area contributed by atoms with Crippen LogP contribution in [0.5, 0.6) is 0 Å². The summed E-state index contributed by atoms with van der Waals surface area (Å²) >= 11 is 0. The van der Waals surface area contributed by atoms with Crippen LogP contribution in [0.4, 0.5) is 6.01 Å². The number of nitrogens with one attached hydrogen (secondary N) is 1. The van der Waals surface area contributed by atoms with Gasteiger partial charge in [-0.15, -0.1) is 0 Å². The molecule has 0 fully saturated rings. The standard InChI is InChI=1S/C12H23N3O/c1-4-7-15(8-5-2)12-14-11(10-16-12)9-13-6-3/h10,13H,4-9H2,1-3H3. The first kappa shape index (κ1) is 13.0. The lowest BCUT2D eigenvalue weighted by atomic mass is 10.4. The summed E-state index contributed by atoms with van der Waals surface area (Å²) in [6, 6.07) is 0.761. The van der Waals surface area contributed by atoms with Crippen LogP contribution in [0.2, 0.25) is 0 Å². The highest BCUT2D eigenvalue weighted by atomic mass is 16.4. The molecule has 1 aromatic rings. The largest absolute Gasteiger partial charge is 0.432 e. The molecule has 4 nitrogen and oxygen atoms in total. The van der Waals surface area contributed by atoms with Crippen LogP contribution in [-0.2, 0) is 6.54 Å². The molecular formula is C12H23N3O. The zero-order valence-electron chi connectivity index (χ0n) is 10.6. The van der Waals surface area contributed by atoms with Gasteiger partial charge in [0.05, 0.1) is 5.69 Å². The van der Waals surface area contributed by atoms with Crippen molar-refractivity contribution in [2.75, 3.05) is 24.5 Å². The van der Waals surface area contributed by atoms with E-state index >= 15 is 0 Å². The molecule has 0 amide bonds. The molecule has 1 rings (SSSR count). The van der Waals surface area contributed by atoms with Crippen LogP contribution >= 0.6 is 0 Å². The maximum absolute atomic E-state index is 5.50. The molecule has 0 aliphatic heterocycles. The number of hydrogen-bond donors (Lipinski definition) is 1. The van der Waals surface area contributed by atoms with E-state index in [4.69, 9.17) is 4.42 Å². The predicted molar refractivity (Wildman–Crippen MR) is 66.7 cm³/mol. The average Bonchev–Trinajstić information content (AvgIpc) is 2.74. The van der Waals surface area contributed by atoms with E-state index in [-0.39, 0.29) is 0 Å². The lowest BCUT2D eigenvalue weighted by Crippen LogP contribution is -2.25. The van der Waals surface area contributed by atoms with Gasteiger partial charge >= 0.3 is 0 Å². The second-order valence-electron chi connectivity index (χ2n) is 3.89. The topological polar surface area (TPSA) is 41.3 Å². The first-order chi connectivity index (χ1) is 7.81. The number of oxazole rings is 1. The van der Waals surface area contributed by atoms with Gasteiger partial charge in [0.2, 0.25) is 0 Å². The molecule has 1 heterocycles. The Morgan fingerprint density at radius 2 is 1.94 bits per heavy atom. The Kier molecular flexibility index (Phi) is 5.93. The maximum Gasteiger partial charge on any atom is 0.297 e. The van der Waals surface area contributed by atoms with Gasteiger partial charge in [0, 0.05) is 19.6 Å². The average molecular weight is 225 g/mol. The van der Waals surface area contributed by atoms with Crippen molar-refractivity contribution in [3.63, 3.8) is 0 Å². The second kappa shape index (κ2) is 7.28. The van der Waals surface area contributed by atoms with Crippen molar-refractivity contribution < 1.29 is 4.42 Å². The van der Waals surface area contributed by atoms with Crippen LogP contribution in [0.15, 0.2) is 10.7 Å². The van der Waals surface area contributed by atoms with Crippen LogP contribution in [0.3, 0.4) is 0 Å². The SMILES string of the molecule is CCCN(CCC)c1nc(CNCC)co1. The van der Waals surface area contributed by atoms with Crippen molar-refractivity contribution in [1.82, 2.24) is 10.3 Å². The van der Waals surface area contributed by atoms with Gasteiger partial charge in [-0.1, -0.05) is 20.8 Å². The predicted octanol–water partition coefficient (Wildman–Crippen LogP) is 2.41. The Balaban J connectivity index is 2.58. The fraction of sp³-hybridized carbons (Fsp3) is 0.750. The molecule has 92 valence electrons. The highest BCUT2D eigenvalue weighted by Crippen LogP contribution is 2.14. The van der Waals surface area contributed by atoms with Crippen LogP contribution in [0, 0.1) is 0 Å². The minimum absolute atomic E-state index is 0.761. The molecule has 0 radical (unpaired) electrons. The number of rotatable bonds is 8. The molecule has 0 aromatic carbocycles. The second-order valence-corrected chi connectivity index (χ2v) is 3.89. The van der Waals surface area contributed by atoms with E-state index in [2.05, 4.69) is 36.0 Å². The van der Waals surface area contributed by atoms with Crippen molar-refractivity contribution in [3.05, 3.63) is 12.0 Å². The van der Waals surface area contributed by atoms with E-state index in [0.29, 0.717) is 0 Å². The van der Waals surface area contributed by atoms with E-state index in [1.807, 2.05) is 0 Å². The van der Waals surface area contributed by atoms with E-state index < -0.39 is 0 Å². The van der Waals surface area contributed by atoms with E-state index in [1.165, 1.54) is 0 Å². The molecule has 0 saturated heterocycles. The van der Waals surface area contributed by atoms with Gasteiger partial charge in [0.1, 0.15) is 6.26 Å². The van der Waals surface area contributed by atoms with Crippen LogP contribution < -0.4 is 10.2 Å². The lowest BCUT2D eigenvalue weighted by molar-refractivity contribution is 0.528. The summed E-state index contributed by atoms with van der Waals surface area (Å²) in [7, 11) is 0. The molecule has 0 spiro atoms. The first-order valence-corrected chi connectivity index (χ1v) is 6.21. The third-order valence-corrected chi connectivity index (χ3v) is 2.35. The maximum atomic E-state index is 5.50. The highest BCUT2D eigenvalue weighted by Gasteiger charge is 2.10. The summed E-state index contributed by atoms with van der Waals surface area (Å²) in [5, 5.41) is 3.24. The number of anilines is 1. The molecular weight excluding hydrogens is 202 g/mol. The molecule has 1 aromatic heterocycles. The van der Waals surface area contributed by atoms with Gasteiger partial charge < -0.3 is 14.6 Å². The van der Waals surface area contributed by atoms with Crippen molar-refractivity contribution >= 4 is 6.01 Å². The fourth-order valence-corrected chi connectivity index (χ4v) is 1.62. The Labute approximate surface area is 98.0 Å². The van der Waals surface area contributed by atoms with Crippen molar-refractivity contribution in [2.24, 2.45) is 0 Å². The van der Waals surface area contributed by atoms with Gasteiger partial charge in [-0.25, -0.2) is 0 Å². The van der Waals surface area contributed by atoms with Crippen LogP contribution in [0.1, 0.15) is 39.3 Å². The molecule has 0 aliphatic rings. The smallest absolute Gasteiger partial charge is 0.297 e. The van der Waals surface area contributed by atoms with E-state index in [9.17, 15) is 0 Å². The molecule has 0 saturated carbocycles. The van der Waals surface area contributed by atoms with Gasteiger partial charge in [-0.3, -0.25) is 0 Å². The molecule has 16 heavy (non-hydrogen) atoms. The normalized spacial score (nSPS) is 10.7. The molecule has 1 N–H and O–H groups in total. The van der Waals surface area contributed by atoms with Gasteiger partial charge in [0.25, 0.3) is 6.01 Å². The van der Waals surface area contributed by atoms with Crippen LogP contribution in [-0.4, -0.2) is 24.6 Å². The Bertz CT molecular complexity index is 280. The minimum atomic E-state index is 0.761. The van der Waals surface area contributed by atoms with Gasteiger partial charge in [-0.05, 0) is 19.4 Å². The zero-order chi connectivity index (χ0) is 11.8. The summed E-state index contributed by atoms with van der Waals surface area (Å²) in [6.45, 7) is 10.2. The summed E-state index contributed by atoms with van der Waals surface area (Å²) in [6.07, 6.45) is 3.98. The summed E-state index contributed by atoms with van der Waals surface area (Å²) < 4.78 is 5.50. The van der Waals surface area contributed by atoms with Crippen molar-refractivity contribution in [2.45, 2.75) is 40.2 Å². The summed E-state index contributed by atoms with van der Waals surface area (Å²) in [5.74, 6) is 0. The summed E-state index contributed by atoms with van der Waals surface area (Å²) in [5.41, 5.74) is 0.981. The highest BCUT2D eigenvalue weighted by molar-refractivity contribution is 5.26. The van der Waals surface area contributed by atoms with E-state index in [0.717, 1.165) is 50.7 Å². The van der Waals surface area contributed by atoms with Gasteiger partial charge in [-0.2, -0.15) is 4.98 Å². The Hall–Kier alpha value is -1.03. The zero-order valence-corrected chi connectivity index (χ0v) is 10.6. The number of aromatic nitrogens is 1. The molecule has 0 bridgehead atoms. The minimum Gasteiger partial charge on any atom is -0.432 e. The Morgan fingerprint density at radius 3 is 2.50 bits per heavy atom. The quantitative estimate of drug-likeness (QED) is 0.737. The third kappa shape index (κ3) is 3.85. The van der Waals surface area contributed by atoms with Crippen LogP contribution in [0.25, 0.3) is 0 Å². The molecule has 4 heteroatoms. The van der Waals surface area contributed by atoms with Crippen molar-refractivity contribution in [3.8, 4) is 0 Å². The molecule has 0 atom stereocenters. The lowest BCUT2D eigenvalue weighted by Gasteiger charge is -2.18. The number of hydrogen-bond acceptors (Lipinski definition) is 4. The molecule has 0 aliphatic carbocycles.